The number of nitrogens with one attached hydrogen (secondary N) is 1. The Morgan fingerprint density at radius 3 is 2.37 bits per heavy atom. The fourth-order valence-electron chi connectivity index (χ4n) is 2.15. The lowest BCUT2D eigenvalue weighted by Crippen LogP contribution is -2.25. The summed E-state index contributed by atoms with van der Waals surface area (Å²) in [7, 11) is 2.99. The van der Waals surface area contributed by atoms with Crippen molar-refractivity contribution in [1.82, 2.24) is 5.32 Å². The molecule has 1 N–H and O–H groups in total. The smallest absolute Gasteiger partial charge is 0.390 e. The van der Waals surface area contributed by atoms with Crippen molar-refractivity contribution < 1.29 is 17.9 Å². The number of alkyl halides is 3. The molecule has 0 aliphatic carbocycles. The molecule has 2 nitrogen and oxygen atoms in total. The fourth-order valence-corrected chi connectivity index (χ4v) is 2.70. The minimum Gasteiger partial charge on any atom is -0.496 e. The quantitative estimate of drug-likeness (QED) is 0.883. The highest BCUT2D eigenvalue weighted by Gasteiger charge is 2.34. The molecule has 0 amide bonds. The van der Waals surface area contributed by atoms with Crippen LogP contribution in [0, 0.1) is 13.8 Å². The second kappa shape index (κ2) is 6.13. The first kappa shape index (κ1) is 16.3. The summed E-state index contributed by atoms with van der Waals surface area (Å²) in [5, 5.41) is 2.72. The maximum atomic E-state index is 12.7. The van der Waals surface area contributed by atoms with Gasteiger partial charge in [0.25, 0.3) is 0 Å². The SMILES string of the molecule is CNC(CC(F)(F)F)c1c(C)c(Br)cc(C)c1OC. The fraction of sp³-hybridized carbons (Fsp3) is 0.538. The molecule has 0 aliphatic rings. The Morgan fingerprint density at radius 2 is 1.95 bits per heavy atom. The van der Waals surface area contributed by atoms with Gasteiger partial charge in [0.05, 0.1) is 13.5 Å². The van der Waals surface area contributed by atoms with Gasteiger partial charge in [-0.25, -0.2) is 0 Å². The van der Waals surface area contributed by atoms with Crippen LogP contribution < -0.4 is 10.1 Å². The molecule has 6 heteroatoms. The first-order valence-corrected chi connectivity index (χ1v) is 6.58. The highest BCUT2D eigenvalue weighted by Crippen LogP contribution is 2.40. The first-order chi connectivity index (χ1) is 8.71. The molecule has 108 valence electrons. The van der Waals surface area contributed by atoms with E-state index in [4.69, 9.17) is 4.74 Å². The van der Waals surface area contributed by atoms with Crippen LogP contribution in [-0.2, 0) is 0 Å². The first-order valence-electron chi connectivity index (χ1n) is 5.78. The van der Waals surface area contributed by atoms with Crippen LogP contribution in [0.2, 0.25) is 0 Å². The van der Waals surface area contributed by atoms with Crippen molar-refractivity contribution in [2.24, 2.45) is 0 Å². The van der Waals surface area contributed by atoms with Crippen LogP contribution in [0.25, 0.3) is 0 Å². The Bertz CT molecular complexity index is 460. The molecule has 1 rings (SSSR count). The van der Waals surface area contributed by atoms with Crippen molar-refractivity contribution in [1.29, 1.82) is 0 Å². The molecule has 0 spiro atoms. The van der Waals surface area contributed by atoms with Gasteiger partial charge in [-0.1, -0.05) is 15.9 Å². The van der Waals surface area contributed by atoms with Gasteiger partial charge in [-0.05, 0) is 38.1 Å². The lowest BCUT2D eigenvalue weighted by molar-refractivity contribution is -0.140. The van der Waals surface area contributed by atoms with Gasteiger partial charge < -0.3 is 10.1 Å². The molecule has 0 saturated heterocycles. The van der Waals surface area contributed by atoms with E-state index in [1.165, 1.54) is 14.2 Å². The summed E-state index contributed by atoms with van der Waals surface area (Å²) in [5.41, 5.74) is 2.11. The van der Waals surface area contributed by atoms with E-state index in [-0.39, 0.29) is 0 Å². The average molecular weight is 340 g/mol. The van der Waals surface area contributed by atoms with Crippen LogP contribution in [-0.4, -0.2) is 20.3 Å². The predicted molar refractivity (Wildman–Crippen MR) is 72.6 cm³/mol. The van der Waals surface area contributed by atoms with Crippen molar-refractivity contribution in [3.63, 3.8) is 0 Å². The van der Waals surface area contributed by atoms with E-state index in [0.717, 1.165) is 15.6 Å². The van der Waals surface area contributed by atoms with Gasteiger partial charge in [0.2, 0.25) is 0 Å². The second-order valence-corrected chi connectivity index (χ2v) is 5.26. The zero-order valence-electron chi connectivity index (χ0n) is 11.3. The Labute approximate surface area is 119 Å². The number of halogens is 4. The van der Waals surface area contributed by atoms with Gasteiger partial charge in [-0.2, -0.15) is 13.2 Å². The van der Waals surface area contributed by atoms with Gasteiger partial charge in [-0.3, -0.25) is 0 Å². The van der Waals surface area contributed by atoms with Crippen LogP contribution in [0.1, 0.15) is 29.2 Å². The number of aryl methyl sites for hydroxylation is 1. The Kier molecular flexibility index (Phi) is 5.26. The van der Waals surface area contributed by atoms with E-state index >= 15 is 0 Å². The average Bonchev–Trinajstić information content (AvgIpc) is 2.29. The van der Waals surface area contributed by atoms with E-state index in [2.05, 4.69) is 21.2 Å². The zero-order chi connectivity index (χ0) is 14.8. The molecule has 19 heavy (non-hydrogen) atoms. The number of methoxy groups -OCH3 is 1. The molecule has 1 unspecified atom stereocenters. The zero-order valence-corrected chi connectivity index (χ0v) is 12.9. The van der Waals surface area contributed by atoms with Crippen molar-refractivity contribution >= 4 is 15.9 Å². The maximum absolute atomic E-state index is 12.7. The Balaban J connectivity index is 3.37. The highest BCUT2D eigenvalue weighted by atomic mass is 79.9. The third-order valence-corrected chi connectivity index (χ3v) is 3.87. The van der Waals surface area contributed by atoms with Crippen LogP contribution >= 0.6 is 15.9 Å². The molecular formula is C13H17BrF3NO. The van der Waals surface area contributed by atoms with Crippen molar-refractivity contribution in [3.8, 4) is 5.75 Å². The van der Waals surface area contributed by atoms with Gasteiger partial charge in [0.1, 0.15) is 5.75 Å². The minimum atomic E-state index is -4.23. The monoisotopic (exact) mass is 339 g/mol. The van der Waals surface area contributed by atoms with Crippen molar-refractivity contribution in [2.45, 2.75) is 32.5 Å². The molecule has 1 aromatic rings. The highest BCUT2D eigenvalue weighted by molar-refractivity contribution is 9.10. The van der Waals surface area contributed by atoms with E-state index in [9.17, 15) is 13.2 Å². The second-order valence-electron chi connectivity index (χ2n) is 4.41. The lowest BCUT2D eigenvalue weighted by atomic mass is 9.95. The summed E-state index contributed by atoms with van der Waals surface area (Å²) in [6, 6.07) is 1.02. The Morgan fingerprint density at radius 1 is 1.37 bits per heavy atom. The summed E-state index contributed by atoms with van der Waals surface area (Å²) < 4.78 is 44.0. The summed E-state index contributed by atoms with van der Waals surface area (Å²) in [6.07, 6.45) is -5.17. The summed E-state index contributed by atoms with van der Waals surface area (Å²) in [6.45, 7) is 3.59. The van der Waals surface area contributed by atoms with E-state index in [1.54, 1.807) is 6.92 Å². The number of benzene rings is 1. The topological polar surface area (TPSA) is 21.3 Å². The third-order valence-electron chi connectivity index (χ3n) is 3.04. The van der Waals surface area contributed by atoms with Crippen LogP contribution in [0.4, 0.5) is 13.2 Å². The number of hydrogen-bond acceptors (Lipinski definition) is 2. The molecule has 0 aliphatic heterocycles. The van der Waals surface area contributed by atoms with Gasteiger partial charge in [0.15, 0.2) is 0 Å². The van der Waals surface area contributed by atoms with E-state index in [0.29, 0.717) is 11.3 Å². The molecular weight excluding hydrogens is 323 g/mol. The van der Waals surface area contributed by atoms with Gasteiger partial charge >= 0.3 is 6.18 Å². The third kappa shape index (κ3) is 3.86. The summed E-state index contributed by atoms with van der Waals surface area (Å²) in [4.78, 5) is 0. The predicted octanol–water partition coefficient (Wildman–Crippen LogP) is 4.29. The molecule has 0 fully saturated rings. The van der Waals surface area contributed by atoms with E-state index in [1.807, 2.05) is 13.0 Å². The molecule has 1 atom stereocenters. The molecule has 1 aromatic carbocycles. The van der Waals surface area contributed by atoms with Crippen molar-refractivity contribution in [3.05, 3.63) is 27.2 Å². The van der Waals surface area contributed by atoms with Gasteiger partial charge in [-0.15, -0.1) is 0 Å². The minimum absolute atomic E-state index is 0.504. The molecule has 0 saturated carbocycles. The molecule has 0 heterocycles. The molecule has 0 radical (unpaired) electrons. The maximum Gasteiger partial charge on any atom is 0.390 e. The standard InChI is InChI=1S/C13H17BrF3NO/c1-7-5-9(14)8(2)11(12(7)19-4)10(18-3)6-13(15,16)17/h5,10,18H,6H2,1-4H3. The normalized spacial score (nSPS) is 13.5. The van der Waals surface area contributed by atoms with Crippen LogP contribution in [0.3, 0.4) is 0 Å². The summed E-state index contributed by atoms with van der Waals surface area (Å²) >= 11 is 3.37. The van der Waals surface area contributed by atoms with Gasteiger partial charge in [0, 0.05) is 16.1 Å². The summed E-state index contributed by atoms with van der Waals surface area (Å²) in [5.74, 6) is 0.504. The number of hydrogen-bond donors (Lipinski definition) is 1. The molecule has 0 bridgehead atoms. The van der Waals surface area contributed by atoms with Crippen molar-refractivity contribution in [2.75, 3.05) is 14.2 Å². The largest absolute Gasteiger partial charge is 0.496 e. The molecule has 0 aromatic heterocycles. The number of ether oxygens (including phenoxy) is 1. The van der Waals surface area contributed by atoms with E-state index < -0.39 is 18.6 Å². The number of rotatable bonds is 4. The van der Waals surface area contributed by atoms with Crippen LogP contribution in [0.5, 0.6) is 5.75 Å². The lowest BCUT2D eigenvalue weighted by Gasteiger charge is -2.24. The van der Waals surface area contributed by atoms with Crippen LogP contribution in [0.15, 0.2) is 10.5 Å². The Hall–Kier alpha value is -0.750.